The number of hydrogen-bond acceptors (Lipinski definition) is 8. The molecule has 2 aromatic heterocycles. The number of imidazole rings is 1. The number of carbonyl (C=O) groups is 2. The Balaban J connectivity index is 1.36. The average molecular weight is 547 g/mol. The van der Waals surface area contributed by atoms with Gasteiger partial charge in [0.25, 0.3) is 5.91 Å². The Kier molecular flexibility index (Phi) is 7.64. The third-order valence-corrected chi connectivity index (χ3v) is 7.89. The van der Waals surface area contributed by atoms with Gasteiger partial charge in [-0.3, -0.25) is 9.59 Å². The molecule has 3 aromatic rings. The minimum Gasteiger partial charge on any atom is -0.495 e. The predicted molar refractivity (Wildman–Crippen MR) is 154 cm³/mol. The van der Waals surface area contributed by atoms with E-state index in [0.717, 1.165) is 24.4 Å². The van der Waals surface area contributed by atoms with Crippen LogP contribution in [0.5, 0.6) is 5.75 Å². The van der Waals surface area contributed by atoms with Crippen LogP contribution in [0.3, 0.4) is 0 Å². The molecule has 11 nitrogen and oxygen atoms in total. The molecule has 212 valence electrons. The van der Waals surface area contributed by atoms with Crippen LogP contribution in [0.2, 0.25) is 0 Å². The fourth-order valence-corrected chi connectivity index (χ4v) is 5.61. The molecule has 2 amide bonds. The van der Waals surface area contributed by atoms with E-state index in [1.54, 1.807) is 56.0 Å². The van der Waals surface area contributed by atoms with Crippen molar-refractivity contribution >= 4 is 35.0 Å². The number of aromatic nitrogens is 4. The van der Waals surface area contributed by atoms with Gasteiger partial charge in [0.2, 0.25) is 11.9 Å². The van der Waals surface area contributed by atoms with Gasteiger partial charge >= 0.3 is 0 Å². The summed E-state index contributed by atoms with van der Waals surface area (Å²) in [5.41, 5.74) is 2.33. The van der Waals surface area contributed by atoms with Gasteiger partial charge in [0.1, 0.15) is 11.4 Å². The number of ether oxygens (including phenoxy) is 1. The molecule has 0 saturated heterocycles. The van der Waals surface area contributed by atoms with Crippen molar-refractivity contribution in [1.29, 1.82) is 0 Å². The largest absolute Gasteiger partial charge is 0.495 e. The van der Waals surface area contributed by atoms with E-state index in [4.69, 9.17) is 9.72 Å². The van der Waals surface area contributed by atoms with Gasteiger partial charge in [-0.2, -0.15) is 4.98 Å². The second-order valence-electron chi connectivity index (χ2n) is 11.3. The molecule has 1 fully saturated rings. The summed E-state index contributed by atoms with van der Waals surface area (Å²) >= 11 is 0. The molecule has 1 aliphatic heterocycles. The molecule has 11 heteroatoms. The lowest BCUT2D eigenvalue weighted by Crippen LogP contribution is -2.45. The van der Waals surface area contributed by atoms with Gasteiger partial charge in [-0.1, -0.05) is 12.8 Å². The summed E-state index contributed by atoms with van der Waals surface area (Å²) in [5, 5.41) is 6.22. The monoisotopic (exact) mass is 546 g/mol. The van der Waals surface area contributed by atoms with Gasteiger partial charge in [0.15, 0.2) is 5.82 Å². The lowest BCUT2D eigenvalue weighted by atomic mass is 9.91. The number of fused-ring (bicyclic) bond motifs is 1. The van der Waals surface area contributed by atoms with Crippen LogP contribution in [0.1, 0.15) is 55.6 Å². The van der Waals surface area contributed by atoms with Crippen LogP contribution in [-0.4, -0.2) is 64.6 Å². The first-order chi connectivity index (χ1) is 19.2. The third kappa shape index (κ3) is 5.45. The zero-order chi connectivity index (χ0) is 28.4. The highest BCUT2D eigenvalue weighted by Gasteiger charge is 2.41. The molecule has 0 spiro atoms. The molecule has 2 N–H and O–H groups in total. The zero-order valence-corrected chi connectivity index (χ0v) is 23.9. The summed E-state index contributed by atoms with van der Waals surface area (Å²) in [6.45, 7) is 5.08. The van der Waals surface area contributed by atoms with Crippen molar-refractivity contribution in [2.45, 2.75) is 52.0 Å². The van der Waals surface area contributed by atoms with Crippen molar-refractivity contribution in [3.05, 3.63) is 48.2 Å². The number of methoxy groups -OCH3 is 1. The third-order valence-electron chi connectivity index (χ3n) is 7.89. The smallest absolute Gasteiger partial charge is 0.251 e. The number of aryl methyl sites for hydroxylation is 1. The topological polar surface area (TPSA) is 118 Å². The molecule has 40 heavy (non-hydrogen) atoms. The summed E-state index contributed by atoms with van der Waals surface area (Å²) in [5.74, 6) is 1.52. The minimum absolute atomic E-state index is 0.0504. The Hall–Kier alpha value is -4.15. The highest BCUT2D eigenvalue weighted by atomic mass is 16.5. The molecule has 0 atom stereocenters. The molecule has 0 bridgehead atoms. The van der Waals surface area contributed by atoms with Crippen LogP contribution in [-0.2, 0) is 18.3 Å². The Morgan fingerprint density at radius 1 is 1.18 bits per heavy atom. The molecule has 1 aliphatic carbocycles. The molecule has 0 unspecified atom stereocenters. The van der Waals surface area contributed by atoms with Crippen LogP contribution >= 0.6 is 0 Å². The Morgan fingerprint density at radius 3 is 2.65 bits per heavy atom. The van der Waals surface area contributed by atoms with Crippen LogP contribution in [0.25, 0.3) is 0 Å². The molecule has 5 rings (SSSR count). The first-order valence-electron chi connectivity index (χ1n) is 13.8. The van der Waals surface area contributed by atoms with E-state index in [1.165, 1.54) is 12.8 Å². The second-order valence-corrected chi connectivity index (χ2v) is 11.3. The van der Waals surface area contributed by atoms with E-state index in [9.17, 15) is 9.59 Å². The SMILES string of the molecule is COc1cc(C(=O)NCCc2cncn2C)ccc1Nc1ncc2c(n1)N(C1CCCC1)CC(C)(C)C(=O)N2C. The van der Waals surface area contributed by atoms with Crippen molar-refractivity contribution in [1.82, 2.24) is 24.8 Å². The zero-order valence-electron chi connectivity index (χ0n) is 23.9. The summed E-state index contributed by atoms with van der Waals surface area (Å²) < 4.78 is 7.54. The normalized spacial score (nSPS) is 17.0. The van der Waals surface area contributed by atoms with Crippen LogP contribution < -0.4 is 25.2 Å². The molecule has 3 heterocycles. The number of hydrogen-bond donors (Lipinski definition) is 2. The Labute approximate surface area is 235 Å². The van der Waals surface area contributed by atoms with Crippen LogP contribution in [0.4, 0.5) is 23.1 Å². The molecule has 1 aromatic carbocycles. The number of nitrogens with one attached hydrogen (secondary N) is 2. The fourth-order valence-electron chi connectivity index (χ4n) is 5.61. The fraction of sp³-hybridized carbons (Fsp3) is 0.483. The average Bonchev–Trinajstić information content (AvgIpc) is 3.62. The van der Waals surface area contributed by atoms with Gasteiger partial charge in [0, 0.05) is 57.1 Å². The van der Waals surface area contributed by atoms with E-state index in [2.05, 4.69) is 25.5 Å². The molecule has 1 saturated carbocycles. The first kappa shape index (κ1) is 27.4. The minimum atomic E-state index is -0.553. The number of carbonyl (C=O) groups excluding carboxylic acids is 2. The second kappa shape index (κ2) is 11.1. The van der Waals surface area contributed by atoms with Crippen molar-refractivity contribution in [2.24, 2.45) is 12.5 Å². The van der Waals surface area contributed by atoms with Crippen LogP contribution in [0, 0.1) is 5.41 Å². The van der Waals surface area contributed by atoms with Crippen molar-refractivity contribution in [3.63, 3.8) is 0 Å². The van der Waals surface area contributed by atoms with E-state index in [0.29, 0.717) is 54.2 Å². The summed E-state index contributed by atoms with van der Waals surface area (Å²) in [7, 11) is 5.29. The molecular weight excluding hydrogens is 508 g/mol. The van der Waals surface area contributed by atoms with Crippen molar-refractivity contribution < 1.29 is 14.3 Å². The molecule has 2 aliphatic rings. The summed E-state index contributed by atoms with van der Waals surface area (Å²) in [4.78, 5) is 43.6. The maximum Gasteiger partial charge on any atom is 0.251 e. The quantitative estimate of drug-likeness (QED) is 0.439. The van der Waals surface area contributed by atoms with E-state index < -0.39 is 5.41 Å². The number of anilines is 4. The van der Waals surface area contributed by atoms with Crippen molar-refractivity contribution in [2.75, 3.05) is 42.4 Å². The van der Waals surface area contributed by atoms with E-state index in [1.807, 2.05) is 25.5 Å². The Bertz CT molecular complexity index is 1400. The van der Waals surface area contributed by atoms with Gasteiger partial charge in [-0.05, 0) is 44.9 Å². The first-order valence-corrected chi connectivity index (χ1v) is 13.8. The van der Waals surface area contributed by atoms with Gasteiger partial charge in [-0.15, -0.1) is 0 Å². The number of amides is 2. The van der Waals surface area contributed by atoms with Crippen molar-refractivity contribution in [3.8, 4) is 5.75 Å². The molecule has 0 radical (unpaired) electrons. The maximum atomic E-state index is 13.3. The highest BCUT2D eigenvalue weighted by molar-refractivity contribution is 6.01. The Morgan fingerprint density at radius 2 is 1.95 bits per heavy atom. The van der Waals surface area contributed by atoms with Gasteiger partial charge in [-0.25, -0.2) is 9.97 Å². The highest BCUT2D eigenvalue weighted by Crippen LogP contribution is 2.40. The number of rotatable bonds is 8. The lowest BCUT2D eigenvalue weighted by Gasteiger charge is -2.34. The standard InChI is InChI=1S/C29H38N8O3/c1-29(2)17-37(20-8-6-7-9-20)25-23(36(4)27(29)39)16-32-28(34-25)33-22-11-10-19(14-24(22)40-5)26(38)31-13-12-21-15-30-18-35(21)3/h10-11,14-16,18,20H,6-9,12-13,17H2,1-5H3,(H,31,38)(H,32,33,34). The predicted octanol–water partition coefficient (Wildman–Crippen LogP) is 3.69. The maximum absolute atomic E-state index is 13.3. The number of nitrogens with zero attached hydrogens (tertiary/aromatic N) is 6. The van der Waals surface area contributed by atoms with Crippen LogP contribution in [0.15, 0.2) is 36.9 Å². The van der Waals surface area contributed by atoms with Gasteiger partial charge in [0.05, 0.1) is 30.7 Å². The summed E-state index contributed by atoms with van der Waals surface area (Å²) in [6.07, 6.45) is 10.5. The molecular formula is C29H38N8O3. The number of benzene rings is 1. The van der Waals surface area contributed by atoms with E-state index in [-0.39, 0.29) is 11.8 Å². The lowest BCUT2D eigenvalue weighted by molar-refractivity contribution is -0.125. The van der Waals surface area contributed by atoms with E-state index >= 15 is 0 Å². The summed E-state index contributed by atoms with van der Waals surface area (Å²) in [6, 6.07) is 5.57. The van der Waals surface area contributed by atoms with Gasteiger partial charge < -0.3 is 29.7 Å².